The third-order valence-electron chi connectivity index (χ3n) is 5.48. The molecule has 0 atom stereocenters. The molecule has 3 rings (SSSR count). The average Bonchev–Trinajstić information content (AvgIpc) is 3.15. The summed E-state index contributed by atoms with van der Waals surface area (Å²) in [6.45, 7) is 10.8. The van der Waals surface area contributed by atoms with Crippen LogP contribution < -0.4 is 19.7 Å². The Hall–Kier alpha value is -2.73. The summed E-state index contributed by atoms with van der Waals surface area (Å²) in [5.41, 5.74) is 2.86. The van der Waals surface area contributed by atoms with Crippen LogP contribution in [-0.2, 0) is 6.42 Å². The lowest BCUT2D eigenvalue weighted by Crippen LogP contribution is -2.39. The number of fused-ring (bicyclic) bond motifs is 1. The van der Waals surface area contributed by atoms with E-state index >= 15 is 0 Å². The Morgan fingerprint density at radius 1 is 1.10 bits per heavy atom. The minimum Gasteiger partial charge on any atom is -0.493 e. The topological polar surface area (TPSA) is 54.0 Å². The number of urea groups is 1. The lowest BCUT2D eigenvalue weighted by atomic mass is 10.2. The van der Waals surface area contributed by atoms with Crippen LogP contribution in [0.1, 0.15) is 33.3 Å². The molecule has 0 saturated carbocycles. The zero-order valence-electron chi connectivity index (χ0n) is 18.6. The molecule has 0 aliphatic carbocycles. The largest absolute Gasteiger partial charge is 0.493 e. The van der Waals surface area contributed by atoms with Crippen LogP contribution in [0.3, 0.4) is 0 Å². The Bertz CT molecular complexity index is 859. The highest BCUT2D eigenvalue weighted by atomic mass is 16.5. The lowest BCUT2D eigenvalue weighted by molar-refractivity contribution is 0.140. The van der Waals surface area contributed by atoms with E-state index in [1.54, 1.807) is 12.0 Å². The maximum atomic E-state index is 12.8. The zero-order valence-corrected chi connectivity index (χ0v) is 18.6. The van der Waals surface area contributed by atoms with Gasteiger partial charge in [0.1, 0.15) is 6.61 Å². The van der Waals surface area contributed by atoms with Gasteiger partial charge in [-0.15, -0.1) is 0 Å². The van der Waals surface area contributed by atoms with E-state index in [1.165, 1.54) is 5.56 Å². The van der Waals surface area contributed by atoms with Gasteiger partial charge in [0.15, 0.2) is 11.5 Å². The summed E-state index contributed by atoms with van der Waals surface area (Å²) in [5.74, 6) is 1.28. The summed E-state index contributed by atoms with van der Waals surface area (Å²) in [4.78, 5) is 17.0. The first kappa shape index (κ1) is 22.0. The van der Waals surface area contributed by atoms with Gasteiger partial charge < -0.3 is 14.8 Å². The monoisotopic (exact) mass is 411 g/mol. The molecule has 0 fully saturated rings. The first-order valence-corrected chi connectivity index (χ1v) is 10.6. The predicted octanol–water partition coefficient (Wildman–Crippen LogP) is 4.79. The Balaban J connectivity index is 1.66. The molecule has 0 radical (unpaired) electrons. The summed E-state index contributed by atoms with van der Waals surface area (Å²) in [7, 11) is 1.62. The summed E-state index contributed by atoms with van der Waals surface area (Å²) in [6.07, 6.45) is 0.878. The summed E-state index contributed by atoms with van der Waals surface area (Å²) in [5, 5.41) is 2.99. The quantitative estimate of drug-likeness (QED) is 0.679. The van der Waals surface area contributed by atoms with Gasteiger partial charge in [-0.1, -0.05) is 18.2 Å². The van der Waals surface area contributed by atoms with Crippen LogP contribution in [0.15, 0.2) is 42.5 Å². The van der Waals surface area contributed by atoms with Gasteiger partial charge in [-0.2, -0.15) is 0 Å². The van der Waals surface area contributed by atoms with Crippen molar-refractivity contribution < 1.29 is 14.3 Å². The van der Waals surface area contributed by atoms with Crippen LogP contribution >= 0.6 is 0 Å². The van der Waals surface area contributed by atoms with E-state index in [4.69, 9.17) is 9.47 Å². The highest BCUT2D eigenvalue weighted by Crippen LogP contribution is 2.32. The fourth-order valence-electron chi connectivity index (χ4n) is 3.98. The molecule has 1 aliphatic rings. The molecule has 2 aromatic carbocycles. The van der Waals surface area contributed by atoms with Crippen molar-refractivity contribution in [3.8, 4) is 11.5 Å². The van der Waals surface area contributed by atoms with E-state index < -0.39 is 0 Å². The number of carbonyl (C=O) groups excluding carboxylic acids is 1. The van der Waals surface area contributed by atoms with Crippen LogP contribution in [-0.4, -0.2) is 49.8 Å². The summed E-state index contributed by atoms with van der Waals surface area (Å²) in [6, 6.07) is 14.3. The molecule has 1 heterocycles. The molecular weight excluding hydrogens is 378 g/mol. The van der Waals surface area contributed by atoms with Gasteiger partial charge in [0, 0.05) is 42.6 Å². The molecular formula is C24H33N3O3. The molecule has 0 aromatic heterocycles. The first-order chi connectivity index (χ1) is 14.4. The molecule has 0 unspecified atom stereocenters. The van der Waals surface area contributed by atoms with E-state index in [0.29, 0.717) is 42.4 Å². The molecule has 1 N–H and O–H groups in total. The smallest absolute Gasteiger partial charge is 0.326 e. The van der Waals surface area contributed by atoms with E-state index in [-0.39, 0.29) is 6.03 Å². The number of anilines is 2. The fraction of sp³-hybridized carbons (Fsp3) is 0.458. The molecule has 30 heavy (non-hydrogen) atoms. The second-order valence-electron chi connectivity index (χ2n) is 8.10. The number of rotatable bonds is 8. The molecule has 1 aliphatic heterocycles. The summed E-state index contributed by atoms with van der Waals surface area (Å²) >= 11 is 0. The third-order valence-corrected chi connectivity index (χ3v) is 5.48. The molecule has 2 aromatic rings. The summed E-state index contributed by atoms with van der Waals surface area (Å²) < 4.78 is 11.5. The lowest BCUT2D eigenvalue weighted by Gasteiger charge is -2.30. The van der Waals surface area contributed by atoms with Crippen LogP contribution in [0.25, 0.3) is 0 Å². The molecule has 6 heteroatoms. The first-order valence-electron chi connectivity index (χ1n) is 10.6. The SMILES string of the molecule is COc1ccc(NC(=O)N2CCc3ccccc32)cc1OCCN(C(C)C)C(C)C. The Labute approximate surface area is 179 Å². The number of para-hydroxylation sites is 1. The normalized spacial score (nSPS) is 13.1. The number of carbonyl (C=O) groups is 1. The van der Waals surface area contributed by atoms with Crippen molar-refractivity contribution in [2.24, 2.45) is 0 Å². The van der Waals surface area contributed by atoms with Crippen LogP contribution in [0.5, 0.6) is 11.5 Å². The molecule has 0 spiro atoms. The van der Waals surface area contributed by atoms with E-state index in [9.17, 15) is 4.79 Å². The molecule has 0 bridgehead atoms. The van der Waals surface area contributed by atoms with Crippen LogP contribution in [0.2, 0.25) is 0 Å². The number of hydrogen-bond acceptors (Lipinski definition) is 4. The maximum absolute atomic E-state index is 12.8. The molecule has 162 valence electrons. The van der Waals surface area contributed by atoms with Crippen molar-refractivity contribution in [2.45, 2.75) is 46.2 Å². The van der Waals surface area contributed by atoms with Gasteiger partial charge in [-0.25, -0.2) is 4.79 Å². The van der Waals surface area contributed by atoms with Crippen LogP contribution in [0.4, 0.5) is 16.2 Å². The molecule has 2 amide bonds. The molecule has 0 saturated heterocycles. The van der Waals surface area contributed by atoms with Gasteiger partial charge in [-0.05, 0) is 57.9 Å². The van der Waals surface area contributed by atoms with Gasteiger partial charge in [-0.3, -0.25) is 9.80 Å². The number of nitrogens with one attached hydrogen (secondary N) is 1. The van der Waals surface area contributed by atoms with E-state index in [0.717, 1.165) is 18.7 Å². The Morgan fingerprint density at radius 2 is 1.83 bits per heavy atom. The van der Waals surface area contributed by atoms with Gasteiger partial charge in [0.2, 0.25) is 0 Å². The minimum atomic E-state index is -0.137. The van der Waals surface area contributed by atoms with Crippen molar-refractivity contribution in [3.05, 3.63) is 48.0 Å². The van der Waals surface area contributed by atoms with Crippen LogP contribution in [0, 0.1) is 0 Å². The Morgan fingerprint density at radius 3 is 2.53 bits per heavy atom. The number of nitrogens with zero attached hydrogens (tertiary/aromatic N) is 2. The second kappa shape index (κ2) is 9.85. The minimum absolute atomic E-state index is 0.137. The predicted molar refractivity (Wildman–Crippen MR) is 122 cm³/mol. The van der Waals surface area contributed by atoms with Crippen molar-refractivity contribution in [2.75, 3.05) is 37.0 Å². The van der Waals surface area contributed by atoms with Crippen molar-refractivity contribution in [3.63, 3.8) is 0 Å². The molecule has 6 nitrogen and oxygen atoms in total. The number of hydrogen-bond donors (Lipinski definition) is 1. The third kappa shape index (κ3) is 5.05. The van der Waals surface area contributed by atoms with E-state index in [1.807, 2.05) is 36.4 Å². The van der Waals surface area contributed by atoms with Crippen molar-refractivity contribution in [1.82, 2.24) is 4.90 Å². The maximum Gasteiger partial charge on any atom is 0.326 e. The Kier molecular flexibility index (Phi) is 7.21. The number of methoxy groups -OCH3 is 1. The van der Waals surface area contributed by atoms with Crippen molar-refractivity contribution in [1.29, 1.82) is 0 Å². The van der Waals surface area contributed by atoms with Gasteiger partial charge >= 0.3 is 6.03 Å². The number of amides is 2. The fourth-order valence-corrected chi connectivity index (χ4v) is 3.98. The number of ether oxygens (including phenoxy) is 2. The van der Waals surface area contributed by atoms with Crippen molar-refractivity contribution >= 4 is 17.4 Å². The van der Waals surface area contributed by atoms with Gasteiger partial charge in [0.05, 0.1) is 7.11 Å². The average molecular weight is 412 g/mol. The second-order valence-corrected chi connectivity index (χ2v) is 8.10. The highest BCUT2D eigenvalue weighted by molar-refractivity contribution is 6.03. The van der Waals surface area contributed by atoms with Gasteiger partial charge in [0.25, 0.3) is 0 Å². The zero-order chi connectivity index (χ0) is 21.7. The highest BCUT2D eigenvalue weighted by Gasteiger charge is 2.24. The standard InChI is InChI=1S/C24H33N3O3/c1-17(2)26(18(3)4)14-15-30-23-16-20(10-11-22(23)29-5)25-24(28)27-13-12-19-8-6-7-9-21(19)27/h6-11,16-18H,12-15H2,1-5H3,(H,25,28). The van der Waals surface area contributed by atoms with E-state index in [2.05, 4.69) is 44.0 Å². The number of benzene rings is 2.